The first-order chi connectivity index (χ1) is 15.2. The third-order valence-electron chi connectivity index (χ3n) is 5.34. The monoisotopic (exact) mass is 455 g/mol. The molecule has 186 valence electrons. The molecule has 0 aliphatic heterocycles. The van der Waals surface area contributed by atoms with Crippen LogP contribution in [0.1, 0.15) is 71.6 Å². The number of hydrogen-bond donors (Lipinski definition) is 5. The predicted molar refractivity (Wildman–Crippen MR) is 127 cm³/mol. The van der Waals surface area contributed by atoms with Gasteiger partial charge in [0.2, 0.25) is 11.8 Å². The SMILES string of the molecule is CNCCCC(CC(=O)NC(CCCNC)CC(=O)NC(CCC(C)=O)CC(C)=O)NC. The van der Waals surface area contributed by atoms with Crippen LogP contribution in [0.25, 0.3) is 0 Å². The van der Waals surface area contributed by atoms with Crippen molar-refractivity contribution < 1.29 is 19.2 Å². The van der Waals surface area contributed by atoms with Gasteiger partial charge in [-0.25, -0.2) is 0 Å². The summed E-state index contributed by atoms with van der Waals surface area (Å²) in [6.45, 7) is 4.67. The minimum absolute atomic E-state index is 0.0267. The zero-order valence-corrected chi connectivity index (χ0v) is 20.6. The zero-order chi connectivity index (χ0) is 24.4. The van der Waals surface area contributed by atoms with Crippen LogP contribution in [0.15, 0.2) is 0 Å². The van der Waals surface area contributed by atoms with Crippen molar-refractivity contribution >= 4 is 23.4 Å². The van der Waals surface area contributed by atoms with Crippen molar-refractivity contribution in [1.82, 2.24) is 26.6 Å². The molecule has 3 atom stereocenters. The Labute approximate surface area is 193 Å². The molecule has 2 amide bonds. The van der Waals surface area contributed by atoms with Crippen molar-refractivity contribution in [2.75, 3.05) is 34.2 Å². The Hall–Kier alpha value is -1.84. The molecule has 0 rings (SSSR count). The second kappa shape index (κ2) is 18.7. The Morgan fingerprint density at radius 3 is 1.53 bits per heavy atom. The van der Waals surface area contributed by atoms with E-state index in [1.165, 1.54) is 13.8 Å². The van der Waals surface area contributed by atoms with Crippen molar-refractivity contribution in [3.63, 3.8) is 0 Å². The molecule has 32 heavy (non-hydrogen) atoms. The Morgan fingerprint density at radius 2 is 1.09 bits per heavy atom. The van der Waals surface area contributed by atoms with E-state index < -0.39 is 0 Å². The highest BCUT2D eigenvalue weighted by Gasteiger charge is 2.21. The lowest BCUT2D eigenvalue weighted by atomic mass is 10.0. The first-order valence-corrected chi connectivity index (χ1v) is 11.8. The number of carbonyl (C=O) groups excluding carboxylic acids is 4. The maximum Gasteiger partial charge on any atom is 0.222 e. The Kier molecular flexibility index (Phi) is 17.6. The van der Waals surface area contributed by atoms with Crippen LogP contribution in [0.4, 0.5) is 0 Å². The van der Waals surface area contributed by atoms with Gasteiger partial charge >= 0.3 is 0 Å². The van der Waals surface area contributed by atoms with E-state index in [0.29, 0.717) is 25.7 Å². The van der Waals surface area contributed by atoms with Gasteiger partial charge in [0, 0.05) is 43.8 Å². The molecule has 0 saturated carbocycles. The van der Waals surface area contributed by atoms with Crippen molar-refractivity contribution in [2.24, 2.45) is 0 Å². The summed E-state index contributed by atoms with van der Waals surface area (Å²) in [5.74, 6) is -0.297. The predicted octanol–water partition coefficient (Wildman–Crippen LogP) is 0.672. The summed E-state index contributed by atoms with van der Waals surface area (Å²) >= 11 is 0. The molecule has 0 aromatic heterocycles. The number of Topliss-reactive ketones (excluding diaryl/α,β-unsaturated/α-hetero) is 2. The fourth-order valence-corrected chi connectivity index (χ4v) is 3.59. The van der Waals surface area contributed by atoms with Crippen LogP contribution in [0, 0.1) is 0 Å². The molecule has 0 aliphatic rings. The molecule has 9 heteroatoms. The number of nitrogens with one attached hydrogen (secondary N) is 5. The summed E-state index contributed by atoms with van der Waals surface area (Å²) in [6, 6.07) is -0.559. The molecule has 9 nitrogen and oxygen atoms in total. The van der Waals surface area contributed by atoms with Gasteiger partial charge in [0.15, 0.2) is 0 Å². The van der Waals surface area contributed by atoms with Gasteiger partial charge in [-0.05, 0) is 80.2 Å². The molecule has 0 radical (unpaired) electrons. The van der Waals surface area contributed by atoms with Crippen LogP contribution in [0.5, 0.6) is 0 Å². The average molecular weight is 456 g/mol. The lowest BCUT2D eigenvalue weighted by Gasteiger charge is -2.23. The van der Waals surface area contributed by atoms with E-state index in [4.69, 9.17) is 0 Å². The fraction of sp³-hybridized carbons (Fsp3) is 0.826. The molecule has 0 fully saturated rings. The molecule has 5 N–H and O–H groups in total. The lowest BCUT2D eigenvalue weighted by molar-refractivity contribution is -0.125. The van der Waals surface area contributed by atoms with Crippen LogP contribution < -0.4 is 26.6 Å². The molecule has 0 aliphatic carbocycles. The second-order valence-corrected chi connectivity index (χ2v) is 8.56. The fourth-order valence-electron chi connectivity index (χ4n) is 3.59. The van der Waals surface area contributed by atoms with Gasteiger partial charge in [0.1, 0.15) is 11.6 Å². The summed E-state index contributed by atoms with van der Waals surface area (Å²) in [5, 5.41) is 15.3. The van der Waals surface area contributed by atoms with E-state index in [0.717, 1.165) is 32.4 Å². The molecular formula is C23H45N5O4. The molecule has 0 aromatic carbocycles. The van der Waals surface area contributed by atoms with Gasteiger partial charge in [0.25, 0.3) is 0 Å². The van der Waals surface area contributed by atoms with Crippen LogP contribution in [0.2, 0.25) is 0 Å². The molecular weight excluding hydrogens is 410 g/mol. The standard InChI is InChI=1S/C23H45N5O4/c1-17(29)10-11-21(14-18(2)30)28-23(32)16-20(9-7-13-25-4)27-22(31)15-19(26-5)8-6-12-24-3/h19-21,24-26H,6-16H2,1-5H3,(H,27,31)(H,28,32). The average Bonchev–Trinajstić information content (AvgIpc) is 2.71. The third-order valence-corrected chi connectivity index (χ3v) is 5.34. The van der Waals surface area contributed by atoms with Crippen LogP contribution >= 0.6 is 0 Å². The van der Waals surface area contributed by atoms with E-state index in [1.54, 1.807) is 0 Å². The van der Waals surface area contributed by atoms with Gasteiger partial charge in [-0.1, -0.05) is 0 Å². The molecule has 0 heterocycles. The number of carbonyl (C=O) groups is 4. The maximum atomic E-state index is 12.7. The van der Waals surface area contributed by atoms with Crippen LogP contribution in [-0.4, -0.2) is 75.7 Å². The topological polar surface area (TPSA) is 128 Å². The smallest absolute Gasteiger partial charge is 0.222 e. The highest BCUT2D eigenvalue weighted by Crippen LogP contribution is 2.08. The normalized spacial score (nSPS) is 13.8. The molecule has 3 unspecified atom stereocenters. The number of rotatable bonds is 20. The maximum absolute atomic E-state index is 12.7. The minimum Gasteiger partial charge on any atom is -0.353 e. The second-order valence-electron chi connectivity index (χ2n) is 8.56. The summed E-state index contributed by atoms with van der Waals surface area (Å²) in [4.78, 5) is 48.1. The van der Waals surface area contributed by atoms with E-state index in [2.05, 4.69) is 26.6 Å². The highest BCUT2D eigenvalue weighted by atomic mass is 16.2. The summed E-state index contributed by atoms with van der Waals surface area (Å²) < 4.78 is 0. The first-order valence-electron chi connectivity index (χ1n) is 11.8. The van der Waals surface area contributed by atoms with E-state index in [1.807, 2.05) is 21.1 Å². The van der Waals surface area contributed by atoms with Crippen molar-refractivity contribution in [3.05, 3.63) is 0 Å². The van der Waals surface area contributed by atoms with E-state index in [9.17, 15) is 19.2 Å². The van der Waals surface area contributed by atoms with Gasteiger partial charge in [-0.2, -0.15) is 0 Å². The van der Waals surface area contributed by atoms with Gasteiger partial charge in [0.05, 0.1) is 0 Å². The highest BCUT2D eigenvalue weighted by molar-refractivity contribution is 5.82. The van der Waals surface area contributed by atoms with Gasteiger partial charge in [-0.3, -0.25) is 14.4 Å². The van der Waals surface area contributed by atoms with Crippen molar-refractivity contribution in [3.8, 4) is 0 Å². The minimum atomic E-state index is -0.363. The molecule has 0 bridgehead atoms. The van der Waals surface area contributed by atoms with Crippen molar-refractivity contribution in [1.29, 1.82) is 0 Å². The summed E-state index contributed by atoms with van der Waals surface area (Å²) in [6.07, 6.45) is 4.82. The Bertz CT molecular complexity index is 571. The lowest BCUT2D eigenvalue weighted by Crippen LogP contribution is -2.44. The Balaban J connectivity index is 4.88. The van der Waals surface area contributed by atoms with Crippen LogP contribution in [0.3, 0.4) is 0 Å². The molecule has 0 aromatic rings. The largest absolute Gasteiger partial charge is 0.353 e. The summed E-state index contributed by atoms with van der Waals surface area (Å²) in [5.41, 5.74) is 0. The van der Waals surface area contributed by atoms with Gasteiger partial charge < -0.3 is 31.4 Å². The number of amides is 2. The van der Waals surface area contributed by atoms with E-state index >= 15 is 0 Å². The quantitative estimate of drug-likeness (QED) is 0.171. The Morgan fingerprint density at radius 1 is 0.625 bits per heavy atom. The molecule has 0 spiro atoms. The van der Waals surface area contributed by atoms with Gasteiger partial charge in [-0.15, -0.1) is 0 Å². The summed E-state index contributed by atoms with van der Waals surface area (Å²) in [7, 11) is 5.62. The molecule has 0 saturated heterocycles. The number of hydrogen-bond acceptors (Lipinski definition) is 7. The zero-order valence-electron chi connectivity index (χ0n) is 20.6. The third kappa shape index (κ3) is 16.8. The first kappa shape index (κ1) is 30.2. The van der Waals surface area contributed by atoms with E-state index in [-0.39, 0.29) is 54.3 Å². The number of ketones is 2. The van der Waals surface area contributed by atoms with Crippen LogP contribution in [-0.2, 0) is 19.2 Å². The van der Waals surface area contributed by atoms with Crippen molar-refractivity contribution in [2.45, 2.75) is 89.8 Å².